The molecule has 4 N–H and O–H groups in total. The molecule has 1 saturated heterocycles. The van der Waals surface area contributed by atoms with Crippen LogP contribution in [0.1, 0.15) is 258 Å². The van der Waals surface area contributed by atoms with Crippen LogP contribution in [0.3, 0.4) is 0 Å². The lowest BCUT2D eigenvalue weighted by Crippen LogP contribution is -2.60. The maximum absolute atomic E-state index is 12.9. The van der Waals surface area contributed by atoms with Crippen LogP contribution in [-0.2, 0) is 38.3 Å². The number of ether oxygens (including phenoxy) is 4. The predicted octanol–water partition coefficient (Wildman–Crippen LogP) is 13.5. The minimum Gasteiger partial charge on any atom is -0.457 e. The van der Waals surface area contributed by atoms with Crippen LogP contribution in [0.15, 0.2) is 24.3 Å². The molecule has 13 heteroatoms. The van der Waals surface area contributed by atoms with E-state index in [0.717, 1.165) is 57.8 Å². The highest BCUT2D eigenvalue weighted by Gasteiger charge is 2.48. The van der Waals surface area contributed by atoms with Gasteiger partial charge in [0.05, 0.1) is 19.8 Å². The van der Waals surface area contributed by atoms with Crippen LogP contribution in [0, 0.1) is 0 Å². The smallest absolute Gasteiger partial charge is 0.397 e. The Labute approximate surface area is 416 Å². The topological polar surface area (TPSA) is 178 Å². The van der Waals surface area contributed by atoms with E-state index in [1.807, 2.05) is 0 Å². The average Bonchev–Trinajstić information content (AvgIpc) is 3.31. The van der Waals surface area contributed by atoms with Gasteiger partial charge in [-0.2, -0.15) is 8.42 Å². The van der Waals surface area contributed by atoms with E-state index in [9.17, 15) is 33.1 Å². The third-order valence-corrected chi connectivity index (χ3v) is 13.5. The fraction of sp³-hybridized carbons (Fsp3) is 0.909. The number of allylic oxidation sites excluding steroid dienone is 4. The van der Waals surface area contributed by atoms with Gasteiger partial charge in [0.1, 0.15) is 30.5 Å². The highest BCUT2D eigenvalue weighted by Crippen LogP contribution is 2.26. The van der Waals surface area contributed by atoms with E-state index >= 15 is 0 Å². The Morgan fingerprint density at radius 2 is 0.971 bits per heavy atom. The van der Waals surface area contributed by atoms with Gasteiger partial charge in [-0.1, -0.05) is 231 Å². The highest BCUT2D eigenvalue weighted by atomic mass is 32.3. The number of hydrogen-bond acceptors (Lipinski definition) is 11. The van der Waals surface area contributed by atoms with Crippen molar-refractivity contribution in [1.29, 1.82) is 0 Å². The van der Waals surface area contributed by atoms with E-state index in [4.69, 9.17) is 18.9 Å². The van der Waals surface area contributed by atoms with Gasteiger partial charge in [0, 0.05) is 13.0 Å². The molecule has 0 aromatic carbocycles. The van der Waals surface area contributed by atoms with E-state index in [-0.39, 0.29) is 19.6 Å². The largest absolute Gasteiger partial charge is 0.457 e. The Kier molecular flexibility index (Phi) is 44.3. The molecule has 0 radical (unpaired) electrons. The molecular formula is C55H104O12S. The van der Waals surface area contributed by atoms with Crippen LogP contribution in [0.25, 0.3) is 0 Å². The van der Waals surface area contributed by atoms with Gasteiger partial charge in [-0.3, -0.25) is 9.35 Å². The lowest BCUT2D eigenvalue weighted by Gasteiger charge is -2.41. The second-order valence-electron chi connectivity index (χ2n) is 19.5. The summed E-state index contributed by atoms with van der Waals surface area (Å²) in [4.78, 5) is 12.9. The molecule has 6 atom stereocenters. The van der Waals surface area contributed by atoms with Gasteiger partial charge in [-0.25, -0.2) is 4.18 Å². The van der Waals surface area contributed by atoms with Crippen LogP contribution >= 0.6 is 0 Å². The van der Waals surface area contributed by atoms with Crippen LogP contribution in [0.2, 0.25) is 0 Å². The molecule has 1 aliphatic heterocycles. The SMILES string of the molecule is CCCCC/C=C\C/C=C\CCCCCCCCOCC(COC1OC(CO)C(O)C(OS(=O)(=O)O)C1O)OC(=O)CCCCCCCCCCCCCCCCCCCCCCCCCCC. The zero-order valence-electron chi connectivity index (χ0n) is 43.4. The summed E-state index contributed by atoms with van der Waals surface area (Å²) in [5.41, 5.74) is 0. The standard InChI is InChI=1S/C55H104O12S/c1-3-5-7-9-11-13-15-17-19-21-22-23-24-25-26-27-28-29-30-32-34-36-38-40-42-44-51(57)65-49(48-64-55-53(59)54(67-68(60,61)62)52(58)50(46-56)66-55)47-63-45-43-41-39-37-35-33-31-20-18-16-14-12-10-8-6-4-2/h12,14,18,20,49-50,52-56,58-59H,3-11,13,15-17,19,21-48H2,1-2H3,(H,60,61,62)/b14-12-,20-18-. The molecule has 0 aromatic rings. The molecule has 0 aromatic heterocycles. The van der Waals surface area contributed by atoms with Gasteiger partial charge in [-0.05, 0) is 44.9 Å². The number of esters is 1. The number of carbonyl (C=O) groups is 1. The Hall–Kier alpha value is -1.42. The predicted molar refractivity (Wildman–Crippen MR) is 276 cm³/mol. The van der Waals surface area contributed by atoms with Crippen LogP contribution in [0.5, 0.6) is 0 Å². The van der Waals surface area contributed by atoms with Crippen molar-refractivity contribution in [2.45, 2.75) is 295 Å². The first-order chi connectivity index (χ1) is 33.1. The van der Waals surface area contributed by atoms with Crippen molar-refractivity contribution >= 4 is 16.4 Å². The molecular weight excluding hydrogens is 885 g/mol. The normalized spacial score (nSPS) is 19.4. The zero-order chi connectivity index (χ0) is 49.6. The maximum Gasteiger partial charge on any atom is 0.397 e. The lowest BCUT2D eigenvalue weighted by atomic mass is 9.99. The molecule has 12 nitrogen and oxygen atoms in total. The number of unbranched alkanes of at least 4 members (excludes halogenated alkanes) is 33. The second kappa shape index (κ2) is 46.6. The third kappa shape index (κ3) is 39.2. The molecule has 68 heavy (non-hydrogen) atoms. The van der Waals surface area contributed by atoms with Crippen molar-refractivity contribution in [3.8, 4) is 0 Å². The molecule has 1 rings (SSSR count). The van der Waals surface area contributed by atoms with Gasteiger partial charge < -0.3 is 34.3 Å². The molecule has 0 saturated carbocycles. The summed E-state index contributed by atoms with van der Waals surface area (Å²) in [6.45, 7) is 3.99. The Balaban J connectivity index is 2.28. The van der Waals surface area contributed by atoms with E-state index < -0.39 is 59.8 Å². The Morgan fingerprint density at radius 1 is 0.559 bits per heavy atom. The number of rotatable bonds is 50. The van der Waals surface area contributed by atoms with E-state index in [2.05, 4.69) is 42.3 Å². The lowest BCUT2D eigenvalue weighted by molar-refractivity contribution is -0.301. The first-order valence-electron chi connectivity index (χ1n) is 28.1. The van der Waals surface area contributed by atoms with Gasteiger partial charge >= 0.3 is 16.4 Å². The molecule has 402 valence electrons. The number of carbonyl (C=O) groups excluding carboxylic acids is 1. The fourth-order valence-corrected chi connectivity index (χ4v) is 9.33. The molecule has 1 aliphatic rings. The summed E-state index contributed by atoms with van der Waals surface area (Å²) >= 11 is 0. The monoisotopic (exact) mass is 989 g/mol. The summed E-state index contributed by atoms with van der Waals surface area (Å²) < 4.78 is 59.3. The van der Waals surface area contributed by atoms with E-state index in [0.29, 0.717) is 13.0 Å². The van der Waals surface area contributed by atoms with Gasteiger partial charge in [0.25, 0.3) is 0 Å². The minimum absolute atomic E-state index is 0.0330. The molecule has 0 aliphatic carbocycles. The molecule has 0 amide bonds. The van der Waals surface area contributed by atoms with Crippen molar-refractivity contribution in [1.82, 2.24) is 0 Å². The van der Waals surface area contributed by atoms with E-state index in [1.165, 1.54) is 173 Å². The average molecular weight is 989 g/mol. The summed E-state index contributed by atoms with van der Waals surface area (Å²) in [5, 5.41) is 30.8. The minimum atomic E-state index is -5.07. The van der Waals surface area contributed by atoms with Crippen LogP contribution in [0.4, 0.5) is 0 Å². The Morgan fingerprint density at radius 3 is 1.43 bits per heavy atom. The van der Waals surface area contributed by atoms with Crippen molar-refractivity contribution in [2.24, 2.45) is 0 Å². The van der Waals surface area contributed by atoms with Crippen molar-refractivity contribution in [3.63, 3.8) is 0 Å². The number of aliphatic hydroxyl groups excluding tert-OH is 3. The molecule has 1 heterocycles. The fourth-order valence-electron chi connectivity index (χ4n) is 8.82. The van der Waals surface area contributed by atoms with Crippen molar-refractivity contribution in [2.75, 3.05) is 26.4 Å². The van der Waals surface area contributed by atoms with Gasteiger partial charge in [0.2, 0.25) is 0 Å². The van der Waals surface area contributed by atoms with Crippen LogP contribution < -0.4 is 0 Å². The summed E-state index contributed by atoms with van der Waals surface area (Å²) in [7, 11) is -5.07. The molecule has 6 unspecified atom stereocenters. The first-order valence-corrected chi connectivity index (χ1v) is 29.5. The molecule has 1 fully saturated rings. The maximum atomic E-state index is 12.9. The first kappa shape index (κ1) is 64.6. The van der Waals surface area contributed by atoms with Crippen molar-refractivity contribution in [3.05, 3.63) is 24.3 Å². The summed E-state index contributed by atoms with van der Waals surface area (Å²) in [6, 6.07) is 0. The number of aliphatic hydroxyl groups is 3. The summed E-state index contributed by atoms with van der Waals surface area (Å²) in [5.74, 6) is -0.397. The molecule has 0 bridgehead atoms. The summed E-state index contributed by atoms with van der Waals surface area (Å²) in [6.07, 6.45) is 46.5. The van der Waals surface area contributed by atoms with Gasteiger partial charge in [-0.15, -0.1) is 0 Å². The Bertz CT molecular complexity index is 1280. The third-order valence-electron chi connectivity index (χ3n) is 13.1. The van der Waals surface area contributed by atoms with Crippen LogP contribution in [-0.4, -0.2) is 97.5 Å². The quantitative estimate of drug-likeness (QED) is 0.0196. The highest BCUT2D eigenvalue weighted by molar-refractivity contribution is 7.80. The van der Waals surface area contributed by atoms with Gasteiger partial charge in [0.15, 0.2) is 6.29 Å². The number of hydrogen-bond donors (Lipinski definition) is 4. The second-order valence-corrected chi connectivity index (χ2v) is 20.6. The zero-order valence-corrected chi connectivity index (χ0v) is 44.3. The van der Waals surface area contributed by atoms with E-state index in [1.54, 1.807) is 0 Å². The molecule has 0 spiro atoms. The van der Waals surface area contributed by atoms with Crippen molar-refractivity contribution < 1.29 is 56.2 Å².